The van der Waals surface area contributed by atoms with Gasteiger partial charge in [-0.3, -0.25) is 0 Å². The molecule has 0 saturated carbocycles. The standard InChI is InChI=1S/C13H15BFNO2/c1-12(2)13(3,4)18-14(17-12)10-7-5-6-9(8-16)11(10)15/h5-7H,1-4H3. The van der Waals surface area contributed by atoms with Crippen LogP contribution in [0.2, 0.25) is 0 Å². The highest BCUT2D eigenvalue weighted by Crippen LogP contribution is 2.36. The second-order valence-electron chi connectivity index (χ2n) is 5.41. The summed E-state index contributed by atoms with van der Waals surface area (Å²) in [6.45, 7) is 7.61. The van der Waals surface area contributed by atoms with Crippen LogP contribution in [0, 0.1) is 17.1 Å². The van der Waals surface area contributed by atoms with Gasteiger partial charge >= 0.3 is 7.12 Å². The van der Waals surface area contributed by atoms with Crippen molar-refractivity contribution in [1.82, 2.24) is 0 Å². The Bertz CT molecular complexity index is 506. The molecule has 1 saturated heterocycles. The van der Waals surface area contributed by atoms with Crippen molar-refractivity contribution in [3.63, 3.8) is 0 Å². The van der Waals surface area contributed by atoms with E-state index in [9.17, 15) is 4.39 Å². The molecule has 1 fully saturated rings. The van der Waals surface area contributed by atoms with Gasteiger partial charge in [-0.25, -0.2) is 4.39 Å². The number of benzene rings is 1. The highest BCUT2D eigenvalue weighted by atomic mass is 19.1. The van der Waals surface area contributed by atoms with Gasteiger partial charge in [-0.1, -0.05) is 12.1 Å². The first-order chi connectivity index (χ1) is 8.28. The summed E-state index contributed by atoms with van der Waals surface area (Å²) < 4.78 is 25.6. The van der Waals surface area contributed by atoms with E-state index in [0.29, 0.717) is 0 Å². The Morgan fingerprint density at radius 2 is 1.72 bits per heavy atom. The molecule has 0 spiro atoms. The van der Waals surface area contributed by atoms with Crippen LogP contribution in [0.25, 0.3) is 0 Å². The van der Waals surface area contributed by atoms with Gasteiger partial charge < -0.3 is 9.31 Å². The van der Waals surface area contributed by atoms with Gasteiger partial charge in [0.25, 0.3) is 0 Å². The van der Waals surface area contributed by atoms with Crippen molar-refractivity contribution in [1.29, 1.82) is 5.26 Å². The summed E-state index contributed by atoms with van der Waals surface area (Å²) in [6, 6.07) is 6.46. The van der Waals surface area contributed by atoms with E-state index >= 15 is 0 Å². The summed E-state index contributed by atoms with van der Waals surface area (Å²) in [4.78, 5) is 0. The molecule has 5 heteroatoms. The summed E-state index contributed by atoms with van der Waals surface area (Å²) in [5.41, 5.74) is -0.769. The van der Waals surface area contributed by atoms with Crippen LogP contribution in [0.5, 0.6) is 0 Å². The lowest BCUT2D eigenvalue weighted by Crippen LogP contribution is -2.41. The number of halogens is 1. The smallest absolute Gasteiger partial charge is 0.399 e. The first-order valence-corrected chi connectivity index (χ1v) is 5.82. The molecule has 0 aromatic heterocycles. The molecule has 1 aliphatic rings. The van der Waals surface area contributed by atoms with E-state index in [0.717, 1.165) is 0 Å². The molecule has 0 N–H and O–H groups in total. The van der Waals surface area contributed by atoms with E-state index in [1.54, 1.807) is 12.1 Å². The third-order valence-electron chi connectivity index (χ3n) is 3.66. The Kier molecular flexibility index (Phi) is 2.96. The zero-order valence-corrected chi connectivity index (χ0v) is 11.0. The SMILES string of the molecule is CC1(C)OB(c2cccc(C#N)c2F)OC1(C)C. The second kappa shape index (κ2) is 4.08. The van der Waals surface area contributed by atoms with E-state index in [1.807, 2.05) is 33.8 Å². The minimum atomic E-state index is -0.775. The highest BCUT2D eigenvalue weighted by Gasteiger charge is 2.52. The van der Waals surface area contributed by atoms with Crippen LogP contribution in [0.1, 0.15) is 33.3 Å². The maximum absolute atomic E-state index is 14.0. The lowest BCUT2D eigenvalue weighted by Gasteiger charge is -2.32. The number of rotatable bonds is 1. The minimum absolute atomic E-state index is 0.00205. The molecule has 1 heterocycles. The Morgan fingerprint density at radius 1 is 1.17 bits per heavy atom. The van der Waals surface area contributed by atoms with Crippen LogP contribution in [-0.4, -0.2) is 18.3 Å². The van der Waals surface area contributed by atoms with Crippen LogP contribution in [0.15, 0.2) is 18.2 Å². The molecule has 1 aromatic rings. The zero-order valence-electron chi connectivity index (χ0n) is 11.0. The van der Waals surface area contributed by atoms with Gasteiger partial charge in [0.1, 0.15) is 11.9 Å². The van der Waals surface area contributed by atoms with E-state index in [1.165, 1.54) is 6.07 Å². The maximum Gasteiger partial charge on any atom is 0.497 e. The van der Waals surface area contributed by atoms with Crippen molar-refractivity contribution in [2.75, 3.05) is 0 Å². The van der Waals surface area contributed by atoms with Crippen LogP contribution in [0.4, 0.5) is 4.39 Å². The average Bonchev–Trinajstić information content (AvgIpc) is 2.48. The second-order valence-corrected chi connectivity index (χ2v) is 5.41. The molecule has 0 unspecified atom stereocenters. The fourth-order valence-corrected chi connectivity index (χ4v) is 1.79. The predicted octanol–water partition coefficient (Wildman–Crippen LogP) is 2.00. The van der Waals surface area contributed by atoms with E-state index in [2.05, 4.69) is 0 Å². The molecule has 3 nitrogen and oxygen atoms in total. The largest absolute Gasteiger partial charge is 0.497 e. The maximum atomic E-state index is 14.0. The number of nitrogens with zero attached hydrogens (tertiary/aromatic N) is 1. The summed E-state index contributed by atoms with van der Waals surface area (Å²) in [7, 11) is -0.775. The lowest BCUT2D eigenvalue weighted by molar-refractivity contribution is 0.00578. The minimum Gasteiger partial charge on any atom is -0.399 e. The molecule has 0 radical (unpaired) electrons. The monoisotopic (exact) mass is 247 g/mol. The quantitative estimate of drug-likeness (QED) is 0.712. The first-order valence-electron chi connectivity index (χ1n) is 5.82. The molecule has 1 aromatic carbocycles. The van der Waals surface area contributed by atoms with Crippen molar-refractivity contribution in [2.24, 2.45) is 0 Å². The van der Waals surface area contributed by atoms with Gasteiger partial charge in [-0.15, -0.1) is 0 Å². The van der Waals surface area contributed by atoms with Crippen molar-refractivity contribution in [3.05, 3.63) is 29.6 Å². The molecule has 0 aliphatic carbocycles. The Morgan fingerprint density at radius 3 is 2.22 bits per heavy atom. The number of hydrogen-bond donors (Lipinski definition) is 0. The van der Waals surface area contributed by atoms with Crippen LogP contribution in [-0.2, 0) is 9.31 Å². The molecule has 0 bridgehead atoms. The Hall–Kier alpha value is -1.38. The summed E-state index contributed by atoms with van der Waals surface area (Å²) in [5, 5.41) is 8.82. The van der Waals surface area contributed by atoms with Crippen molar-refractivity contribution in [2.45, 2.75) is 38.9 Å². The third kappa shape index (κ3) is 1.92. The Balaban J connectivity index is 2.39. The summed E-state index contributed by atoms with van der Waals surface area (Å²) >= 11 is 0. The van der Waals surface area contributed by atoms with Crippen molar-refractivity contribution < 1.29 is 13.7 Å². The molecule has 2 rings (SSSR count). The van der Waals surface area contributed by atoms with Gasteiger partial charge in [-0.05, 0) is 33.8 Å². The first kappa shape index (κ1) is 13.1. The van der Waals surface area contributed by atoms with Crippen molar-refractivity contribution >= 4 is 12.6 Å². The van der Waals surface area contributed by atoms with Crippen LogP contribution in [0.3, 0.4) is 0 Å². The normalized spacial score (nSPS) is 20.8. The molecule has 0 atom stereocenters. The van der Waals surface area contributed by atoms with Crippen LogP contribution < -0.4 is 5.46 Å². The van der Waals surface area contributed by atoms with E-state index in [-0.39, 0.29) is 11.0 Å². The fraction of sp³-hybridized carbons (Fsp3) is 0.462. The topological polar surface area (TPSA) is 42.2 Å². The predicted molar refractivity (Wildman–Crippen MR) is 66.8 cm³/mol. The molecular formula is C13H15BFNO2. The molecule has 18 heavy (non-hydrogen) atoms. The van der Waals surface area contributed by atoms with Gasteiger partial charge in [0, 0.05) is 5.46 Å². The van der Waals surface area contributed by atoms with Crippen LogP contribution >= 0.6 is 0 Å². The molecular weight excluding hydrogens is 232 g/mol. The van der Waals surface area contributed by atoms with Gasteiger partial charge in [-0.2, -0.15) is 5.26 Å². The van der Waals surface area contributed by atoms with E-state index in [4.69, 9.17) is 14.6 Å². The van der Waals surface area contributed by atoms with Gasteiger partial charge in [0.2, 0.25) is 0 Å². The molecule has 1 aliphatic heterocycles. The lowest BCUT2D eigenvalue weighted by atomic mass is 9.78. The number of hydrogen-bond acceptors (Lipinski definition) is 3. The summed E-state index contributed by atoms with van der Waals surface area (Å²) in [6.07, 6.45) is 0. The number of nitriles is 1. The Labute approximate surface area is 107 Å². The fourth-order valence-electron chi connectivity index (χ4n) is 1.79. The zero-order chi connectivity index (χ0) is 13.6. The third-order valence-corrected chi connectivity index (χ3v) is 3.66. The van der Waals surface area contributed by atoms with Crippen molar-refractivity contribution in [3.8, 4) is 6.07 Å². The van der Waals surface area contributed by atoms with Gasteiger partial charge in [0.15, 0.2) is 0 Å². The highest BCUT2D eigenvalue weighted by molar-refractivity contribution is 6.62. The average molecular weight is 247 g/mol. The van der Waals surface area contributed by atoms with Gasteiger partial charge in [0.05, 0.1) is 16.8 Å². The molecule has 0 amide bonds. The van der Waals surface area contributed by atoms with E-state index < -0.39 is 24.1 Å². The molecule has 94 valence electrons. The summed E-state index contributed by atoms with van der Waals surface area (Å²) in [5.74, 6) is -0.571.